The van der Waals surface area contributed by atoms with E-state index >= 15 is 0 Å². The van der Waals surface area contributed by atoms with Crippen molar-refractivity contribution in [1.82, 2.24) is 9.80 Å². The highest BCUT2D eigenvalue weighted by atomic mass is 16.2. The molecule has 114 valence electrons. The van der Waals surface area contributed by atoms with E-state index in [4.69, 9.17) is 0 Å². The third-order valence-electron chi connectivity index (χ3n) is 4.87. The average Bonchev–Trinajstić information content (AvgIpc) is 2.53. The molecular formula is C17H25N3O. The number of aryl methyl sites for hydroxylation is 1. The van der Waals surface area contributed by atoms with Crippen LogP contribution in [0.3, 0.4) is 0 Å². The van der Waals surface area contributed by atoms with Gasteiger partial charge in [0, 0.05) is 44.0 Å². The Balaban J connectivity index is 1.71. The number of amides is 1. The highest BCUT2D eigenvalue weighted by Gasteiger charge is 2.31. The number of fused-ring (bicyclic) bond motifs is 1. The fourth-order valence-electron chi connectivity index (χ4n) is 3.60. The highest BCUT2D eigenvalue weighted by Crippen LogP contribution is 2.23. The van der Waals surface area contributed by atoms with E-state index in [9.17, 15) is 4.79 Å². The van der Waals surface area contributed by atoms with Crippen LogP contribution in [0.4, 0.5) is 5.69 Å². The quantitative estimate of drug-likeness (QED) is 0.907. The molecule has 0 aliphatic carbocycles. The zero-order valence-corrected chi connectivity index (χ0v) is 13.1. The minimum atomic E-state index is 0.186. The van der Waals surface area contributed by atoms with Crippen molar-refractivity contribution in [2.75, 3.05) is 38.5 Å². The summed E-state index contributed by atoms with van der Waals surface area (Å²) in [6.45, 7) is 6.04. The van der Waals surface area contributed by atoms with Crippen LogP contribution in [-0.4, -0.2) is 55.0 Å². The molecule has 0 bridgehead atoms. The molecule has 1 atom stereocenters. The number of rotatable bonds is 2. The van der Waals surface area contributed by atoms with Crippen molar-refractivity contribution in [2.24, 2.45) is 0 Å². The minimum absolute atomic E-state index is 0.186. The first kappa shape index (κ1) is 14.4. The molecule has 1 aromatic rings. The summed E-state index contributed by atoms with van der Waals surface area (Å²) in [5, 5.41) is 3.15. The average molecular weight is 287 g/mol. The van der Waals surface area contributed by atoms with Gasteiger partial charge in [-0.25, -0.2) is 0 Å². The molecule has 2 heterocycles. The van der Waals surface area contributed by atoms with Crippen LogP contribution in [0.25, 0.3) is 0 Å². The summed E-state index contributed by atoms with van der Waals surface area (Å²) < 4.78 is 0. The van der Waals surface area contributed by atoms with E-state index in [1.165, 1.54) is 25.8 Å². The van der Waals surface area contributed by atoms with Gasteiger partial charge in [0.25, 0.3) is 5.91 Å². The molecule has 2 aliphatic rings. The van der Waals surface area contributed by atoms with Crippen molar-refractivity contribution in [3.63, 3.8) is 0 Å². The molecular weight excluding hydrogens is 262 g/mol. The number of carbonyl (C=O) groups is 1. The summed E-state index contributed by atoms with van der Waals surface area (Å²) in [6.07, 6.45) is 3.86. The lowest BCUT2D eigenvalue weighted by molar-refractivity contribution is 0.0372. The van der Waals surface area contributed by atoms with Gasteiger partial charge in [0.1, 0.15) is 0 Å². The predicted molar refractivity (Wildman–Crippen MR) is 85.8 cm³/mol. The Bertz CT molecular complexity index is 529. The van der Waals surface area contributed by atoms with Gasteiger partial charge in [-0.3, -0.25) is 9.69 Å². The van der Waals surface area contributed by atoms with Gasteiger partial charge in [0.2, 0.25) is 0 Å². The zero-order chi connectivity index (χ0) is 14.8. The van der Waals surface area contributed by atoms with Crippen molar-refractivity contribution < 1.29 is 4.79 Å². The Kier molecular flexibility index (Phi) is 4.15. The summed E-state index contributed by atoms with van der Waals surface area (Å²) in [4.78, 5) is 17.3. The molecule has 0 spiro atoms. The topological polar surface area (TPSA) is 35.6 Å². The second-order valence-corrected chi connectivity index (χ2v) is 6.22. The lowest BCUT2D eigenvalue weighted by Gasteiger charge is -2.44. The fourth-order valence-corrected chi connectivity index (χ4v) is 3.60. The molecule has 0 saturated carbocycles. The van der Waals surface area contributed by atoms with Gasteiger partial charge in [0.15, 0.2) is 0 Å². The van der Waals surface area contributed by atoms with E-state index in [-0.39, 0.29) is 5.91 Å². The van der Waals surface area contributed by atoms with E-state index in [0.717, 1.165) is 36.4 Å². The normalized spacial score (nSPS) is 22.8. The Morgan fingerprint density at radius 3 is 2.86 bits per heavy atom. The van der Waals surface area contributed by atoms with E-state index < -0.39 is 0 Å². The number of hydrogen-bond acceptors (Lipinski definition) is 3. The number of anilines is 1. The molecule has 0 radical (unpaired) electrons. The minimum Gasteiger partial charge on any atom is -0.388 e. The number of nitrogens with one attached hydrogen (secondary N) is 1. The summed E-state index contributed by atoms with van der Waals surface area (Å²) in [7, 11) is 1.91. The van der Waals surface area contributed by atoms with Crippen LogP contribution >= 0.6 is 0 Å². The van der Waals surface area contributed by atoms with Gasteiger partial charge in [0.05, 0.1) is 0 Å². The van der Waals surface area contributed by atoms with Gasteiger partial charge in [-0.05, 0) is 50.1 Å². The lowest BCUT2D eigenvalue weighted by Crippen LogP contribution is -2.56. The first-order valence-electron chi connectivity index (χ1n) is 8.01. The number of hydrogen-bond donors (Lipinski definition) is 1. The largest absolute Gasteiger partial charge is 0.388 e. The second-order valence-electron chi connectivity index (χ2n) is 6.22. The van der Waals surface area contributed by atoms with Crippen LogP contribution in [0.1, 0.15) is 35.2 Å². The SMILES string of the molecule is CNc1ccc(C(=O)N2CCN3CCCCC3C2)cc1C. The van der Waals surface area contributed by atoms with Crippen LogP contribution in [0.2, 0.25) is 0 Å². The molecule has 3 rings (SSSR count). The van der Waals surface area contributed by atoms with E-state index in [1.54, 1.807) is 0 Å². The number of benzene rings is 1. The predicted octanol–water partition coefficient (Wildman–Crippen LogP) is 2.35. The fraction of sp³-hybridized carbons (Fsp3) is 0.588. The zero-order valence-electron chi connectivity index (χ0n) is 13.1. The maximum absolute atomic E-state index is 12.7. The molecule has 1 aromatic carbocycles. The summed E-state index contributed by atoms with van der Waals surface area (Å²) >= 11 is 0. The Labute approximate surface area is 127 Å². The standard InChI is InChI=1S/C17H25N3O/c1-13-11-14(6-7-16(13)18-2)17(21)20-10-9-19-8-4-3-5-15(19)12-20/h6-7,11,15,18H,3-5,8-10,12H2,1-2H3. The third-order valence-corrected chi connectivity index (χ3v) is 4.87. The molecule has 21 heavy (non-hydrogen) atoms. The van der Waals surface area contributed by atoms with Gasteiger partial charge < -0.3 is 10.2 Å². The highest BCUT2D eigenvalue weighted by molar-refractivity contribution is 5.95. The van der Waals surface area contributed by atoms with Crippen LogP contribution in [-0.2, 0) is 0 Å². The van der Waals surface area contributed by atoms with Crippen LogP contribution in [0.5, 0.6) is 0 Å². The Morgan fingerprint density at radius 2 is 2.10 bits per heavy atom. The molecule has 2 aliphatic heterocycles. The lowest BCUT2D eigenvalue weighted by atomic mass is 9.99. The van der Waals surface area contributed by atoms with Gasteiger partial charge in [-0.2, -0.15) is 0 Å². The Hall–Kier alpha value is -1.55. The van der Waals surface area contributed by atoms with Crippen molar-refractivity contribution in [3.8, 4) is 0 Å². The number of piperidine rings is 1. The van der Waals surface area contributed by atoms with Crippen molar-refractivity contribution in [2.45, 2.75) is 32.2 Å². The van der Waals surface area contributed by atoms with Crippen molar-refractivity contribution >= 4 is 11.6 Å². The molecule has 1 amide bonds. The van der Waals surface area contributed by atoms with Gasteiger partial charge in [-0.1, -0.05) is 6.42 Å². The first-order chi connectivity index (χ1) is 10.2. The summed E-state index contributed by atoms with van der Waals surface area (Å²) in [5.41, 5.74) is 3.03. The summed E-state index contributed by atoms with van der Waals surface area (Å²) in [6, 6.07) is 6.52. The summed E-state index contributed by atoms with van der Waals surface area (Å²) in [5.74, 6) is 0.186. The molecule has 2 fully saturated rings. The molecule has 0 aromatic heterocycles. The van der Waals surface area contributed by atoms with E-state index in [1.807, 2.05) is 37.1 Å². The van der Waals surface area contributed by atoms with Crippen molar-refractivity contribution in [3.05, 3.63) is 29.3 Å². The molecule has 4 heteroatoms. The maximum Gasteiger partial charge on any atom is 0.253 e. The van der Waals surface area contributed by atoms with E-state index in [2.05, 4.69) is 10.2 Å². The van der Waals surface area contributed by atoms with Crippen LogP contribution in [0.15, 0.2) is 18.2 Å². The molecule has 1 N–H and O–H groups in total. The molecule has 4 nitrogen and oxygen atoms in total. The first-order valence-corrected chi connectivity index (χ1v) is 8.01. The number of carbonyl (C=O) groups excluding carboxylic acids is 1. The molecule has 2 saturated heterocycles. The monoisotopic (exact) mass is 287 g/mol. The third kappa shape index (κ3) is 2.91. The molecule has 1 unspecified atom stereocenters. The van der Waals surface area contributed by atoms with Gasteiger partial charge >= 0.3 is 0 Å². The van der Waals surface area contributed by atoms with E-state index in [0.29, 0.717) is 6.04 Å². The van der Waals surface area contributed by atoms with Gasteiger partial charge in [-0.15, -0.1) is 0 Å². The maximum atomic E-state index is 12.7. The number of piperazine rings is 1. The second kappa shape index (κ2) is 6.06. The van der Waals surface area contributed by atoms with Crippen molar-refractivity contribution in [1.29, 1.82) is 0 Å². The number of nitrogens with zero attached hydrogens (tertiary/aromatic N) is 2. The Morgan fingerprint density at radius 1 is 1.24 bits per heavy atom. The van der Waals surface area contributed by atoms with Crippen LogP contribution in [0, 0.1) is 6.92 Å². The van der Waals surface area contributed by atoms with Crippen LogP contribution < -0.4 is 5.32 Å². The smallest absolute Gasteiger partial charge is 0.253 e.